The fraction of sp³-hybridized carbons (Fsp3) is 0.389. The minimum absolute atomic E-state index is 0.0161. The zero-order chi connectivity index (χ0) is 18.0. The van der Waals surface area contributed by atoms with Crippen molar-refractivity contribution < 1.29 is 19.1 Å². The van der Waals surface area contributed by atoms with Crippen LogP contribution < -0.4 is 4.74 Å². The van der Waals surface area contributed by atoms with Crippen molar-refractivity contribution in [2.24, 2.45) is 0 Å². The molecule has 0 unspecified atom stereocenters. The quantitative estimate of drug-likeness (QED) is 0.794. The number of nitrogens with zero attached hydrogens (tertiary/aromatic N) is 3. The number of esters is 1. The molecule has 0 radical (unpaired) electrons. The van der Waals surface area contributed by atoms with Crippen molar-refractivity contribution in [2.75, 3.05) is 20.3 Å². The molecule has 0 fully saturated rings. The Morgan fingerprint density at radius 2 is 1.96 bits per heavy atom. The molecule has 1 aliphatic rings. The van der Waals surface area contributed by atoms with Gasteiger partial charge >= 0.3 is 5.97 Å². The number of methoxy groups -OCH3 is 1. The van der Waals surface area contributed by atoms with Crippen LogP contribution >= 0.6 is 0 Å². The van der Waals surface area contributed by atoms with Gasteiger partial charge in [-0.2, -0.15) is 5.10 Å². The van der Waals surface area contributed by atoms with E-state index in [1.54, 1.807) is 23.6 Å². The Morgan fingerprint density at radius 3 is 2.56 bits per heavy atom. The number of aromatic nitrogens is 2. The molecule has 1 aromatic carbocycles. The van der Waals surface area contributed by atoms with E-state index in [4.69, 9.17) is 9.47 Å². The van der Waals surface area contributed by atoms with E-state index in [0.717, 1.165) is 22.7 Å². The molecule has 1 aliphatic heterocycles. The Morgan fingerprint density at radius 1 is 1.24 bits per heavy atom. The number of carbonyl (C=O) groups is 2. The standard InChI is InChI=1S/C18H21N3O4/c1-4-25-18(23)17-15-11-20(12(2)22)10-9-16(15)21(19-17)13-5-7-14(24-3)8-6-13/h5-8H,4,9-11H2,1-3H3. The maximum atomic E-state index is 12.3. The van der Waals surface area contributed by atoms with Crippen LogP contribution in [0.15, 0.2) is 24.3 Å². The molecule has 7 nitrogen and oxygen atoms in total. The van der Waals surface area contributed by atoms with Gasteiger partial charge in [0.25, 0.3) is 0 Å². The highest BCUT2D eigenvalue weighted by Crippen LogP contribution is 2.27. The topological polar surface area (TPSA) is 73.7 Å². The van der Waals surface area contributed by atoms with Crippen molar-refractivity contribution in [3.63, 3.8) is 0 Å². The molecule has 7 heteroatoms. The van der Waals surface area contributed by atoms with E-state index in [0.29, 0.717) is 19.5 Å². The minimum Gasteiger partial charge on any atom is -0.497 e. The number of ether oxygens (including phenoxy) is 2. The molecule has 0 N–H and O–H groups in total. The minimum atomic E-state index is -0.462. The van der Waals surface area contributed by atoms with Crippen LogP contribution in [0.4, 0.5) is 0 Å². The van der Waals surface area contributed by atoms with Crippen molar-refractivity contribution in [3.05, 3.63) is 41.2 Å². The lowest BCUT2D eigenvalue weighted by Crippen LogP contribution is -2.35. The van der Waals surface area contributed by atoms with Crippen LogP contribution in [0.25, 0.3) is 5.69 Å². The molecule has 0 spiro atoms. The summed E-state index contributed by atoms with van der Waals surface area (Å²) in [6.45, 7) is 4.54. The van der Waals surface area contributed by atoms with Gasteiger partial charge in [0.1, 0.15) is 5.75 Å². The average molecular weight is 343 g/mol. The first-order valence-corrected chi connectivity index (χ1v) is 8.23. The Labute approximate surface area is 146 Å². The molecule has 0 saturated heterocycles. The number of benzene rings is 1. The van der Waals surface area contributed by atoms with Gasteiger partial charge in [0.15, 0.2) is 5.69 Å². The summed E-state index contributed by atoms with van der Waals surface area (Å²) in [6, 6.07) is 7.47. The van der Waals surface area contributed by atoms with E-state index in [1.165, 1.54) is 6.92 Å². The smallest absolute Gasteiger partial charge is 0.359 e. The Kier molecular flexibility index (Phi) is 4.74. The van der Waals surface area contributed by atoms with Gasteiger partial charge in [0.05, 0.1) is 25.1 Å². The fourth-order valence-corrected chi connectivity index (χ4v) is 2.99. The monoisotopic (exact) mass is 343 g/mol. The van der Waals surface area contributed by atoms with Crippen LogP contribution in [0.5, 0.6) is 5.75 Å². The molecular formula is C18H21N3O4. The first-order chi connectivity index (χ1) is 12.0. The van der Waals surface area contributed by atoms with E-state index in [2.05, 4.69) is 5.10 Å². The van der Waals surface area contributed by atoms with E-state index in [1.807, 2.05) is 24.3 Å². The SMILES string of the molecule is CCOC(=O)c1nn(-c2ccc(OC)cc2)c2c1CN(C(C)=O)CC2. The van der Waals surface area contributed by atoms with Crippen LogP contribution in [0.1, 0.15) is 35.6 Å². The summed E-state index contributed by atoms with van der Waals surface area (Å²) in [5.41, 5.74) is 2.81. The van der Waals surface area contributed by atoms with E-state index < -0.39 is 5.97 Å². The fourth-order valence-electron chi connectivity index (χ4n) is 2.99. The second-order valence-electron chi connectivity index (χ2n) is 5.79. The number of hydrogen-bond donors (Lipinski definition) is 0. The van der Waals surface area contributed by atoms with Crippen molar-refractivity contribution in [1.29, 1.82) is 0 Å². The van der Waals surface area contributed by atoms with Gasteiger partial charge in [-0.15, -0.1) is 0 Å². The van der Waals surface area contributed by atoms with Gasteiger partial charge in [0.2, 0.25) is 5.91 Å². The van der Waals surface area contributed by atoms with Crippen LogP contribution in [0.2, 0.25) is 0 Å². The normalized spacial score (nSPS) is 13.3. The van der Waals surface area contributed by atoms with Crippen molar-refractivity contribution in [3.8, 4) is 11.4 Å². The first-order valence-electron chi connectivity index (χ1n) is 8.23. The molecule has 2 heterocycles. The van der Waals surface area contributed by atoms with Crippen molar-refractivity contribution in [1.82, 2.24) is 14.7 Å². The van der Waals surface area contributed by atoms with Gasteiger partial charge in [0, 0.05) is 32.0 Å². The average Bonchev–Trinajstić information content (AvgIpc) is 3.01. The van der Waals surface area contributed by atoms with E-state index in [9.17, 15) is 9.59 Å². The summed E-state index contributed by atoms with van der Waals surface area (Å²) in [7, 11) is 1.61. The maximum Gasteiger partial charge on any atom is 0.359 e. The molecule has 0 bridgehead atoms. The molecular weight excluding hydrogens is 322 g/mol. The largest absolute Gasteiger partial charge is 0.497 e. The highest BCUT2D eigenvalue weighted by Gasteiger charge is 2.30. The lowest BCUT2D eigenvalue weighted by Gasteiger charge is -2.26. The van der Waals surface area contributed by atoms with Gasteiger partial charge in [-0.25, -0.2) is 9.48 Å². The summed E-state index contributed by atoms with van der Waals surface area (Å²) in [4.78, 5) is 25.8. The molecule has 0 aliphatic carbocycles. The highest BCUT2D eigenvalue weighted by atomic mass is 16.5. The van der Waals surface area contributed by atoms with Crippen molar-refractivity contribution >= 4 is 11.9 Å². The second kappa shape index (κ2) is 6.96. The summed E-state index contributed by atoms with van der Waals surface area (Å²) in [5.74, 6) is 0.271. The third kappa shape index (κ3) is 3.22. The number of amides is 1. The van der Waals surface area contributed by atoms with Gasteiger partial charge in [-0.3, -0.25) is 4.79 Å². The van der Waals surface area contributed by atoms with Crippen LogP contribution in [0.3, 0.4) is 0 Å². The number of carbonyl (C=O) groups excluding carboxylic acids is 2. The zero-order valence-electron chi connectivity index (χ0n) is 14.6. The van der Waals surface area contributed by atoms with E-state index in [-0.39, 0.29) is 18.2 Å². The van der Waals surface area contributed by atoms with Gasteiger partial charge < -0.3 is 14.4 Å². The molecule has 1 aromatic heterocycles. The third-order valence-electron chi connectivity index (χ3n) is 4.29. The Balaban J connectivity index is 2.06. The lowest BCUT2D eigenvalue weighted by atomic mass is 10.0. The van der Waals surface area contributed by atoms with Gasteiger partial charge in [-0.1, -0.05) is 0 Å². The molecule has 3 rings (SSSR count). The van der Waals surface area contributed by atoms with E-state index >= 15 is 0 Å². The maximum absolute atomic E-state index is 12.3. The number of rotatable bonds is 4. The Hall–Kier alpha value is -2.83. The number of fused-ring (bicyclic) bond motifs is 1. The molecule has 0 atom stereocenters. The highest BCUT2D eigenvalue weighted by molar-refractivity contribution is 5.89. The van der Waals surface area contributed by atoms with Crippen LogP contribution in [-0.2, 0) is 22.5 Å². The molecule has 1 amide bonds. The Bertz CT molecular complexity index is 795. The molecule has 2 aromatic rings. The summed E-state index contributed by atoms with van der Waals surface area (Å²) < 4.78 is 12.1. The van der Waals surface area contributed by atoms with Gasteiger partial charge in [-0.05, 0) is 31.2 Å². The zero-order valence-corrected chi connectivity index (χ0v) is 14.6. The lowest BCUT2D eigenvalue weighted by molar-refractivity contribution is -0.129. The molecule has 25 heavy (non-hydrogen) atoms. The summed E-state index contributed by atoms with van der Waals surface area (Å²) in [5, 5.41) is 4.49. The molecule has 0 saturated carbocycles. The van der Waals surface area contributed by atoms with Crippen molar-refractivity contribution in [2.45, 2.75) is 26.8 Å². The predicted molar refractivity (Wildman–Crippen MR) is 90.9 cm³/mol. The molecule has 132 valence electrons. The number of hydrogen-bond acceptors (Lipinski definition) is 5. The third-order valence-corrected chi connectivity index (χ3v) is 4.29. The van der Waals surface area contributed by atoms with Crippen LogP contribution in [-0.4, -0.2) is 46.8 Å². The first kappa shape index (κ1) is 17.0. The summed E-state index contributed by atoms with van der Waals surface area (Å²) in [6.07, 6.45) is 0.632. The predicted octanol–water partition coefficient (Wildman–Crippen LogP) is 1.96. The van der Waals surface area contributed by atoms with Crippen LogP contribution in [0, 0.1) is 0 Å². The second-order valence-corrected chi connectivity index (χ2v) is 5.79. The summed E-state index contributed by atoms with van der Waals surface area (Å²) >= 11 is 0.